The number of epoxide rings is 1. The fraction of sp³-hybridized carbons (Fsp3) is 0.800. The summed E-state index contributed by atoms with van der Waals surface area (Å²) in [6, 6.07) is 0. The van der Waals surface area contributed by atoms with Gasteiger partial charge in [0.1, 0.15) is 11.4 Å². The summed E-state index contributed by atoms with van der Waals surface area (Å²) < 4.78 is 6.79. The van der Waals surface area contributed by atoms with E-state index in [1.165, 1.54) is 12.0 Å². The predicted octanol–water partition coefficient (Wildman–Crippen LogP) is 6.60. The molecule has 1 spiro atoms. The van der Waals surface area contributed by atoms with Crippen LogP contribution < -0.4 is 0 Å². The molecule has 0 aromatic heterocycles. The van der Waals surface area contributed by atoms with Crippen LogP contribution in [0.5, 0.6) is 0 Å². The van der Waals surface area contributed by atoms with E-state index in [1.807, 2.05) is 6.08 Å². The van der Waals surface area contributed by atoms with Crippen molar-refractivity contribution in [1.82, 2.24) is 0 Å². The van der Waals surface area contributed by atoms with Crippen molar-refractivity contribution in [2.45, 2.75) is 105 Å². The minimum Gasteiger partial charge on any atom is -0.478 e. The first-order valence-electron chi connectivity index (χ1n) is 13.6. The molecular formula is C30H44O4. The summed E-state index contributed by atoms with van der Waals surface area (Å²) in [6.07, 6.45) is 10.2. The average molecular weight is 469 g/mol. The maximum atomic E-state index is 12.9. The molecular weight excluding hydrogens is 424 g/mol. The van der Waals surface area contributed by atoms with E-state index < -0.39 is 5.97 Å². The standard InChI is InChI=1S/C30H44O4/c1-17(9-8-10-18(2)26(32)33)20-11-14-29(7)21(19(20)3)15-23-28(6)13-12-24(31)27(4,5)22(28)16-25-30(23,29)34-25/h10,17,20-23,25H,3,8-9,11-16H2,1-2,4-7H3,(H,32,33)/b18-10-/t17-,20-,21?,22+,23-,25+,28+,29-,30-/m1/s1. The molecule has 5 rings (SSSR count). The minimum absolute atomic E-state index is 0.0160. The second-order valence-electron chi connectivity index (χ2n) is 13.6. The zero-order chi connectivity index (χ0) is 24.8. The molecule has 0 radical (unpaired) electrons. The number of Topliss-reactive ketones (excluding diaryl/α,β-unsaturated/α-hetero) is 1. The fourth-order valence-electron chi connectivity index (χ4n) is 9.76. The highest BCUT2D eigenvalue weighted by Crippen LogP contribution is 2.80. The number of rotatable bonds is 5. The van der Waals surface area contributed by atoms with Crippen molar-refractivity contribution in [2.75, 3.05) is 0 Å². The zero-order valence-electron chi connectivity index (χ0n) is 22.1. The number of allylic oxidation sites excluding steroid dienone is 2. The van der Waals surface area contributed by atoms with E-state index in [4.69, 9.17) is 16.4 Å². The van der Waals surface area contributed by atoms with E-state index in [2.05, 4.69) is 34.6 Å². The molecule has 34 heavy (non-hydrogen) atoms. The van der Waals surface area contributed by atoms with Gasteiger partial charge in [0.15, 0.2) is 0 Å². The van der Waals surface area contributed by atoms with Gasteiger partial charge in [-0.25, -0.2) is 4.79 Å². The second kappa shape index (κ2) is 7.54. The van der Waals surface area contributed by atoms with Crippen LogP contribution in [0.1, 0.15) is 92.9 Å². The van der Waals surface area contributed by atoms with Crippen LogP contribution in [-0.2, 0) is 14.3 Å². The van der Waals surface area contributed by atoms with Gasteiger partial charge in [0, 0.05) is 22.8 Å². The lowest BCUT2D eigenvalue weighted by molar-refractivity contribution is -0.148. The molecule has 9 atom stereocenters. The molecule has 5 fully saturated rings. The van der Waals surface area contributed by atoms with Gasteiger partial charge in [0.25, 0.3) is 0 Å². The molecule has 0 amide bonds. The van der Waals surface area contributed by atoms with Gasteiger partial charge < -0.3 is 9.84 Å². The smallest absolute Gasteiger partial charge is 0.330 e. The van der Waals surface area contributed by atoms with Crippen LogP contribution in [0.4, 0.5) is 0 Å². The summed E-state index contributed by atoms with van der Waals surface area (Å²) in [6.45, 7) is 18.1. The van der Waals surface area contributed by atoms with Gasteiger partial charge in [-0.05, 0) is 86.9 Å². The molecule has 1 N–H and O–H groups in total. The Balaban J connectivity index is 1.38. The number of carbonyl (C=O) groups excluding carboxylic acids is 1. The summed E-state index contributed by atoms with van der Waals surface area (Å²) in [5.74, 6) is 2.02. The molecule has 4 nitrogen and oxygen atoms in total. The van der Waals surface area contributed by atoms with Crippen LogP contribution in [0, 0.1) is 45.8 Å². The third-order valence-electron chi connectivity index (χ3n) is 11.9. The topological polar surface area (TPSA) is 66.9 Å². The van der Waals surface area contributed by atoms with Crippen LogP contribution >= 0.6 is 0 Å². The van der Waals surface area contributed by atoms with E-state index in [-0.39, 0.29) is 21.8 Å². The van der Waals surface area contributed by atoms with E-state index in [0.29, 0.717) is 53.5 Å². The summed E-state index contributed by atoms with van der Waals surface area (Å²) in [7, 11) is 0. The van der Waals surface area contributed by atoms with Crippen molar-refractivity contribution < 1.29 is 19.4 Å². The highest BCUT2D eigenvalue weighted by Gasteiger charge is 2.83. The number of fused-ring (bicyclic) bond motifs is 3. The van der Waals surface area contributed by atoms with Crippen LogP contribution in [0.15, 0.2) is 23.8 Å². The van der Waals surface area contributed by atoms with Crippen molar-refractivity contribution in [3.05, 3.63) is 23.8 Å². The number of carbonyl (C=O) groups is 2. The third-order valence-corrected chi connectivity index (χ3v) is 11.9. The summed E-state index contributed by atoms with van der Waals surface area (Å²) >= 11 is 0. The first-order chi connectivity index (χ1) is 15.8. The van der Waals surface area contributed by atoms with Crippen LogP contribution in [0.3, 0.4) is 0 Å². The average Bonchev–Trinajstić information content (AvgIpc) is 3.43. The molecule has 1 saturated heterocycles. The molecule has 188 valence electrons. The summed E-state index contributed by atoms with van der Waals surface area (Å²) in [5.41, 5.74) is 1.90. The van der Waals surface area contributed by atoms with Crippen LogP contribution in [0.2, 0.25) is 0 Å². The third kappa shape index (κ3) is 2.99. The Morgan fingerprint density at radius 3 is 2.59 bits per heavy atom. The first kappa shape index (κ1) is 24.3. The number of hydrogen-bond donors (Lipinski definition) is 1. The predicted molar refractivity (Wildman–Crippen MR) is 133 cm³/mol. The molecule has 0 bridgehead atoms. The highest BCUT2D eigenvalue weighted by atomic mass is 16.6. The number of ether oxygens (including phenoxy) is 1. The van der Waals surface area contributed by atoms with E-state index >= 15 is 0 Å². The number of aliphatic carboxylic acids is 1. The van der Waals surface area contributed by atoms with Crippen molar-refractivity contribution >= 4 is 11.8 Å². The van der Waals surface area contributed by atoms with Crippen LogP contribution in [-0.4, -0.2) is 28.6 Å². The summed E-state index contributed by atoms with van der Waals surface area (Å²) in [4.78, 5) is 24.0. The Morgan fingerprint density at radius 2 is 1.91 bits per heavy atom. The zero-order valence-corrected chi connectivity index (χ0v) is 22.1. The number of hydrogen-bond acceptors (Lipinski definition) is 3. The van der Waals surface area contributed by atoms with Crippen molar-refractivity contribution in [3.63, 3.8) is 0 Å². The molecule has 4 saturated carbocycles. The molecule has 0 aromatic carbocycles. The maximum absolute atomic E-state index is 12.9. The Kier molecular flexibility index (Phi) is 5.39. The monoisotopic (exact) mass is 468 g/mol. The largest absolute Gasteiger partial charge is 0.478 e. The van der Waals surface area contributed by atoms with Crippen LogP contribution in [0.25, 0.3) is 0 Å². The Hall–Kier alpha value is -1.42. The molecule has 1 heterocycles. The fourth-order valence-corrected chi connectivity index (χ4v) is 9.76. The Bertz CT molecular complexity index is 961. The van der Waals surface area contributed by atoms with E-state index in [0.717, 1.165) is 38.5 Å². The van der Waals surface area contributed by atoms with Gasteiger partial charge in [0.2, 0.25) is 0 Å². The first-order valence-corrected chi connectivity index (χ1v) is 13.6. The lowest BCUT2D eigenvalue weighted by Crippen LogP contribution is -2.58. The Morgan fingerprint density at radius 1 is 1.21 bits per heavy atom. The van der Waals surface area contributed by atoms with Crippen molar-refractivity contribution in [2.24, 2.45) is 45.8 Å². The molecule has 1 unspecified atom stereocenters. The molecule has 0 aromatic rings. The second-order valence-corrected chi connectivity index (χ2v) is 13.6. The number of carboxylic acids is 1. The van der Waals surface area contributed by atoms with Gasteiger partial charge in [-0.1, -0.05) is 52.8 Å². The van der Waals surface area contributed by atoms with E-state index in [9.17, 15) is 9.59 Å². The maximum Gasteiger partial charge on any atom is 0.330 e. The normalized spacial score (nSPS) is 47.8. The van der Waals surface area contributed by atoms with Gasteiger partial charge in [-0.2, -0.15) is 0 Å². The lowest BCUT2D eigenvalue weighted by Gasteiger charge is -2.57. The van der Waals surface area contributed by atoms with Gasteiger partial charge in [-0.15, -0.1) is 0 Å². The van der Waals surface area contributed by atoms with Crippen molar-refractivity contribution in [1.29, 1.82) is 0 Å². The highest BCUT2D eigenvalue weighted by molar-refractivity contribution is 5.86. The SMILES string of the molecule is C=C1C2C[C@@H]3[C@@]4(C)CCC(=O)C(C)(C)[C@@H]4C[C@@H]4O[C@@]43[C@]2(C)CC[C@@H]1[C@H](C)CC/C=C(/C)C(=O)O. The summed E-state index contributed by atoms with van der Waals surface area (Å²) in [5, 5.41) is 9.14. The minimum atomic E-state index is -0.823. The molecule has 5 aliphatic rings. The van der Waals surface area contributed by atoms with Gasteiger partial charge in [0.05, 0.1) is 6.10 Å². The molecule has 4 heteroatoms. The molecule has 4 aliphatic carbocycles. The van der Waals surface area contributed by atoms with Gasteiger partial charge in [-0.3, -0.25) is 4.79 Å². The number of carboxylic acid groups (broad SMARTS) is 1. The number of ketones is 1. The van der Waals surface area contributed by atoms with E-state index in [1.54, 1.807) is 6.92 Å². The Labute approximate surface area is 205 Å². The van der Waals surface area contributed by atoms with Gasteiger partial charge >= 0.3 is 5.97 Å². The lowest BCUT2D eigenvalue weighted by atomic mass is 9.45. The molecule has 1 aliphatic heterocycles. The van der Waals surface area contributed by atoms with Crippen molar-refractivity contribution in [3.8, 4) is 0 Å². The quantitative estimate of drug-likeness (QED) is 0.281.